The van der Waals surface area contributed by atoms with E-state index in [2.05, 4.69) is 170 Å². The molecule has 0 atom stereocenters. The second kappa shape index (κ2) is 10.2. The highest BCUT2D eigenvalue weighted by molar-refractivity contribution is 6.24. The molecule has 218 valence electrons. The fourth-order valence-corrected chi connectivity index (χ4v) is 7.75. The van der Waals surface area contributed by atoms with Gasteiger partial charge in [0.2, 0.25) is 0 Å². The van der Waals surface area contributed by atoms with Crippen LogP contribution in [0.25, 0.3) is 98.4 Å². The maximum atomic E-state index is 6.41. The lowest BCUT2D eigenvalue weighted by molar-refractivity contribution is 0.669. The van der Waals surface area contributed by atoms with Gasteiger partial charge in [-0.25, -0.2) is 0 Å². The standard InChI is InChI=1S/C46H28O/c1-2-12-31(13-3-1)43-37-15-6-8-17-39(37)44(40-18-9-7-16-38(40)43)33-24-22-29-21-23-32(27-34(29)28-33)36-19-10-20-41-46(36)45-35-14-5-4-11-30(35)25-26-42(45)47-41/h1-28H. The van der Waals surface area contributed by atoms with Crippen LogP contribution in [0, 0.1) is 0 Å². The minimum atomic E-state index is 0.916. The zero-order valence-electron chi connectivity index (χ0n) is 25.6. The minimum absolute atomic E-state index is 0.916. The molecule has 1 nitrogen and oxygen atoms in total. The molecule has 0 spiro atoms. The average molecular weight is 597 g/mol. The van der Waals surface area contributed by atoms with Gasteiger partial charge in [0.25, 0.3) is 0 Å². The molecule has 0 amide bonds. The van der Waals surface area contributed by atoms with E-state index in [-0.39, 0.29) is 0 Å². The Hall–Kier alpha value is -6.18. The average Bonchev–Trinajstić information content (AvgIpc) is 3.53. The maximum absolute atomic E-state index is 6.41. The van der Waals surface area contributed by atoms with Crippen LogP contribution in [-0.4, -0.2) is 0 Å². The predicted octanol–water partition coefficient (Wildman–Crippen LogP) is 13.2. The summed E-state index contributed by atoms with van der Waals surface area (Å²) >= 11 is 0. The summed E-state index contributed by atoms with van der Waals surface area (Å²) in [4.78, 5) is 0. The van der Waals surface area contributed by atoms with Crippen LogP contribution in [0.15, 0.2) is 174 Å². The van der Waals surface area contributed by atoms with Gasteiger partial charge in [0.05, 0.1) is 0 Å². The van der Waals surface area contributed by atoms with E-state index in [1.165, 1.54) is 87.2 Å². The molecule has 1 heterocycles. The summed E-state index contributed by atoms with van der Waals surface area (Å²) in [6.07, 6.45) is 0. The van der Waals surface area contributed by atoms with Crippen molar-refractivity contribution in [3.8, 4) is 33.4 Å². The molecule has 0 bridgehead atoms. The fourth-order valence-electron chi connectivity index (χ4n) is 7.75. The van der Waals surface area contributed by atoms with Crippen LogP contribution in [0.1, 0.15) is 0 Å². The van der Waals surface area contributed by atoms with Crippen molar-refractivity contribution in [1.29, 1.82) is 0 Å². The van der Waals surface area contributed by atoms with Crippen molar-refractivity contribution in [2.45, 2.75) is 0 Å². The third-order valence-electron chi connectivity index (χ3n) is 9.82. The molecule has 1 aromatic heterocycles. The number of fused-ring (bicyclic) bond motifs is 8. The van der Waals surface area contributed by atoms with Gasteiger partial charge in [-0.3, -0.25) is 0 Å². The van der Waals surface area contributed by atoms with E-state index in [1.54, 1.807) is 0 Å². The van der Waals surface area contributed by atoms with E-state index in [4.69, 9.17) is 4.42 Å². The van der Waals surface area contributed by atoms with Gasteiger partial charge in [0.1, 0.15) is 11.2 Å². The van der Waals surface area contributed by atoms with E-state index in [1.807, 2.05) is 0 Å². The number of hydrogen-bond donors (Lipinski definition) is 0. The molecule has 0 unspecified atom stereocenters. The van der Waals surface area contributed by atoms with Crippen LogP contribution in [0.3, 0.4) is 0 Å². The Bertz CT molecular complexity index is 2780. The van der Waals surface area contributed by atoms with Gasteiger partial charge in [-0.05, 0) is 101 Å². The molecule has 10 aromatic rings. The topological polar surface area (TPSA) is 13.1 Å². The number of benzene rings is 9. The Morgan fingerprint density at radius 1 is 0.298 bits per heavy atom. The van der Waals surface area contributed by atoms with E-state index in [0.717, 1.165) is 11.2 Å². The van der Waals surface area contributed by atoms with Gasteiger partial charge in [-0.2, -0.15) is 0 Å². The van der Waals surface area contributed by atoms with E-state index < -0.39 is 0 Å². The number of rotatable bonds is 3. The lowest BCUT2D eigenvalue weighted by Crippen LogP contribution is -1.91. The molecule has 0 saturated heterocycles. The third-order valence-corrected chi connectivity index (χ3v) is 9.82. The normalized spacial score (nSPS) is 11.8. The smallest absolute Gasteiger partial charge is 0.136 e. The third kappa shape index (κ3) is 3.97. The zero-order chi connectivity index (χ0) is 30.9. The molecule has 0 radical (unpaired) electrons. The van der Waals surface area contributed by atoms with Gasteiger partial charge >= 0.3 is 0 Å². The number of furan rings is 1. The lowest BCUT2D eigenvalue weighted by Gasteiger charge is -2.18. The van der Waals surface area contributed by atoms with Crippen molar-refractivity contribution in [3.63, 3.8) is 0 Å². The first-order valence-electron chi connectivity index (χ1n) is 16.2. The van der Waals surface area contributed by atoms with Gasteiger partial charge < -0.3 is 4.42 Å². The summed E-state index contributed by atoms with van der Waals surface area (Å²) in [7, 11) is 0. The summed E-state index contributed by atoms with van der Waals surface area (Å²) in [6.45, 7) is 0. The van der Waals surface area contributed by atoms with Crippen molar-refractivity contribution >= 4 is 65.0 Å². The van der Waals surface area contributed by atoms with Crippen LogP contribution < -0.4 is 0 Å². The van der Waals surface area contributed by atoms with E-state index in [0.29, 0.717) is 0 Å². The molecular weight excluding hydrogens is 569 g/mol. The van der Waals surface area contributed by atoms with Gasteiger partial charge in [-0.1, -0.05) is 146 Å². The largest absolute Gasteiger partial charge is 0.456 e. The highest BCUT2D eigenvalue weighted by Crippen LogP contribution is 2.45. The van der Waals surface area contributed by atoms with E-state index in [9.17, 15) is 0 Å². The Balaban J connectivity index is 1.22. The fraction of sp³-hybridized carbons (Fsp3) is 0. The molecule has 0 aliphatic rings. The molecule has 0 aliphatic heterocycles. The van der Waals surface area contributed by atoms with Crippen LogP contribution in [0.4, 0.5) is 0 Å². The van der Waals surface area contributed by atoms with Crippen LogP contribution in [0.5, 0.6) is 0 Å². The van der Waals surface area contributed by atoms with Gasteiger partial charge in [0, 0.05) is 10.8 Å². The summed E-state index contributed by atoms with van der Waals surface area (Å²) in [5, 5.41) is 12.3. The van der Waals surface area contributed by atoms with Crippen LogP contribution in [-0.2, 0) is 0 Å². The first kappa shape index (κ1) is 26.1. The van der Waals surface area contributed by atoms with Crippen molar-refractivity contribution < 1.29 is 4.42 Å². The summed E-state index contributed by atoms with van der Waals surface area (Å²) in [5.74, 6) is 0. The van der Waals surface area contributed by atoms with Crippen LogP contribution >= 0.6 is 0 Å². The Morgan fingerprint density at radius 3 is 1.57 bits per heavy atom. The molecule has 1 heteroatoms. The molecule has 0 N–H and O–H groups in total. The Labute approximate surface area is 271 Å². The molecule has 47 heavy (non-hydrogen) atoms. The Kier molecular flexibility index (Phi) is 5.64. The molecule has 0 saturated carbocycles. The van der Waals surface area contributed by atoms with E-state index >= 15 is 0 Å². The second-order valence-corrected chi connectivity index (χ2v) is 12.4. The summed E-state index contributed by atoms with van der Waals surface area (Å²) in [5.41, 5.74) is 9.24. The summed E-state index contributed by atoms with van der Waals surface area (Å²) < 4.78 is 6.41. The van der Waals surface area contributed by atoms with Gasteiger partial charge in [0.15, 0.2) is 0 Å². The second-order valence-electron chi connectivity index (χ2n) is 12.4. The van der Waals surface area contributed by atoms with Gasteiger partial charge in [-0.15, -0.1) is 0 Å². The minimum Gasteiger partial charge on any atom is -0.456 e. The highest BCUT2D eigenvalue weighted by atomic mass is 16.3. The van der Waals surface area contributed by atoms with Crippen molar-refractivity contribution in [1.82, 2.24) is 0 Å². The Morgan fingerprint density at radius 2 is 0.851 bits per heavy atom. The lowest BCUT2D eigenvalue weighted by atomic mass is 9.85. The first-order valence-corrected chi connectivity index (χ1v) is 16.2. The first-order chi connectivity index (χ1) is 23.3. The molecular formula is C46H28O. The number of hydrogen-bond acceptors (Lipinski definition) is 1. The highest BCUT2D eigenvalue weighted by Gasteiger charge is 2.18. The SMILES string of the molecule is c1ccc(-c2c3ccccc3c(-c3ccc4ccc(-c5cccc6oc7ccc8ccccc8c7c56)cc4c3)c3ccccc23)cc1. The molecule has 10 rings (SSSR count). The maximum Gasteiger partial charge on any atom is 0.136 e. The summed E-state index contributed by atoms with van der Waals surface area (Å²) in [6, 6.07) is 61.5. The monoisotopic (exact) mass is 596 g/mol. The van der Waals surface area contributed by atoms with Crippen molar-refractivity contribution in [3.05, 3.63) is 170 Å². The van der Waals surface area contributed by atoms with Crippen LogP contribution in [0.2, 0.25) is 0 Å². The molecule has 9 aromatic carbocycles. The van der Waals surface area contributed by atoms with Crippen molar-refractivity contribution in [2.24, 2.45) is 0 Å². The quantitative estimate of drug-likeness (QED) is 0.185. The molecule has 0 fully saturated rings. The zero-order valence-corrected chi connectivity index (χ0v) is 25.6. The predicted molar refractivity (Wildman–Crippen MR) is 200 cm³/mol. The van der Waals surface area contributed by atoms with Crippen molar-refractivity contribution in [2.75, 3.05) is 0 Å². The molecule has 0 aliphatic carbocycles.